The van der Waals surface area contributed by atoms with Crippen LogP contribution in [-0.2, 0) is 14.3 Å². The molecule has 0 aromatic rings. The lowest BCUT2D eigenvalue weighted by Gasteiger charge is -2.14. The van der Waals surface area contributed by atoms with Crippen molar-refractivity contribution in [1.82, 2.24) is 0 Å². The molecule has 0 aromatic carbocycles. The number of carboxylic acids is 1. The minimum Gasteiger partial charge on any atom is -0.481 e. The molecule has 1 N–H and O–H groups in total. The lowest BCUT2D eigenvalue weighted by Crippen LogP contribution is -2.31. The fraction of sp³-hybridized carbons (Fsp3) is 0.667. The number of carbonyl (C=O) groups is 2. The molecule has 6 heteroatoms. The molecule has 12 heavy (non-hydrogen) atoms. The Kier molecular flexibility index (Phi) is 4.34. The third-order valence-corrected chi connectivity index (χ3v) is 1.52. The van der Waals surface area contributed by atoms with Crippen LogP contribution in [0.5, 0.6) is 0 Å². The van der Waals surface area contributed by atoms with Crippen LogP contribution in [0, 0.1) is 0 Å². The van der Waals surface area contributed by atoms with Gasteiger partial charge in [-0.3, -0.25) is 4.79 Å². The monoisotopic (exact) mass is 214 g/mol. The standard InChI is InChI=1S/C6H8Cl2O4/c1-2-12-5(11)6(7,8)3-4(9)10/h2-3H2,1H3,(H,9,10). The highest BCUT2D eigenvalue weighted by Gasteiger charge is 2.37. The Morgan fingerprint density at radius 1 is 1.50 bits per heavy atom. The second-order valence-electron chi connectivity index (χ2n) is 2.00. The zero-order chi connectivity index (χ0) is 9.78. The van der Waals surface area contributed by atoms with Gasteiger partial charge in [-0.15, -0.1) is 0 Å². The highest BCUT2D eigenvalue weighted by Crippen LogP contribution is 2.26. The molecule has 0 fully saturated rings. The maximum absolute atomic E-state index is 10.9. The van der Waals surface area contributed by atoms with Crippen molar-refractivity contribution in [2.24, 2.45) is 0 Å². The molecule has 0 spiro atoms. The van der Waals surface area contributed by atoms with E-state index in [0.29, 0.717) is 0 Å². The number of rotatable bonds is 4. The average molecular weight is 215 g/mol. The molecule has 70 valence electrons. The van der Waals surface area contributed by atoms with Gasteiger partial charge < -0.3 is 9.84 Å². The first-order valence-corrected chi connectivity index (χ1v) is 3.92. The topological polar surface area (TPSA) is 63.6 Å². The van der Waals surface area contributed by atoms with Crippen molar-refractivity contribution in [3.8, 4) is 0 Å². The van der Waals surface area contributed by atoms with Crippen LogP contribution in [0.2, 0.25) is 0 Å². The van der Waals surface area contributed by atoms with Gasteiger partial charge in [-0.05, 0) is 6.92 Å². The lowest BCUT2D eigenvalue weighted by molar-refractivity contribution is -0.148. The number of halogens is 2. The van der Waals surface area contributed by atoms with Crippen LogP contribution in [0.25, 0.3) is 0 Å². The maximum atomic E-state index is 10.9. The molecular weight excluding hydrogens is 207 g/mol. The first kappa shape index (κ1) is 11.5. The Bertz CT molecular complexity index is 190. The summed E-state index contributed by atoms with van der Waals surface area (Å²) >= 11 is 10.7. The predicted molar refractivity (Wildman–Crippen MR) is 43.3 cm³/mol. The van der Waals surface area contributed by atoms with Crippen molar-refractivity contribution >= 4 is 35.1 Å². The normalized spacial score (nSPS) is 10.9. The molecule has 4 nitrogen and oxygen atoms in total. The Balaban J connectivity index is 4.18. The Labute approximate surface area is 79.4 Å². The summed E-state index contributed by atoms with van der Waals surface area (Å²) in [6.07, 6.45) is -0.672. The number of carbonyl (C=O) groups excluding carboxylic acids is 1. The van der Waals surface area contributed by atoms with E-state index in [9.17, 15) is 9.59 Å². The zero-order valence-corrected chi connectivity index (χ0v) is 7.85. The molecule has 0 saturated carbocycles. The molecule has 0 saturated heterocycles. The summed E-state index contributed by atoms with van der Waals surface area (Å²) in [5.74, 6) is -2.19. The largest absolute Gasteiger partial charge is 0.481 e. The third-order valence-electron chi connectivity index (χ3n) is 0.947. The van der Waals surface area contributed by atoms with Gasteiger partial charge >= 0.3 is 11.9 Å². The smallest absolute Gasteiger partial charge is 0.343 e. The predicted octanol–water partition coefficient (Wildman–Crippen LogP) is 1.20. The Hall–Kier alpha value is -0.480. The van der Waals surface area contributed by atoms with Crippen molar-refractivity contribution in [1.29, 1.82) is 0 Å². The minimum absolute atomic E-state index is 0.111. The second-order valence-corrected chi connectivity index (χ2v) is 3.48. The molecule has 0 unspecified atom stereocenters. The maximum Gasteiger partial charge on any atom is 0.343 e. The van der Waals surface area contributed by atoms with Crippen molar-refractivity contribution in [2.45, 2.75) is 17.7 Å². The van der Waals surface area contributed by atoms with Crippen LogP contribution in [0.3, 0.4) is 0 Å². The molecule has 0 aliphatic rings. The van der Waals surface area contributed by atoms with E-state index in [1.54, 1.807) is 6.92 Å². The van der Waals surface area contributed by atoms with Gasteiger partial charge in [-0.2, -0.15) is 0 Å². The number of esters is 1. The van der Waals surface area contributed by atoms with E-state index in [4.69, 9.17) is 28.3 Å². The van der Waals surface area contributed by atoms with Crippen LogP contribution < -0.4 is 0 Å². The molecule has 0 aliphatic heterocycles. The Morgan fingerprint density at radius 2 is 2.00 bits per heavy atom. The van der Waals surface area contributed by atoms with Crippen LogP contribution >= 0.6 is 23.2 Å². The van der Waals surface area contributed by atoms with Crippen molar-refractivity contribution in [2.75, 3.05) is 6.61 Å². The highest BCUT2D eigenvalue weighted by molar-refractivity contribution is 6.58. The van der Waals surface area contributed by atoms with Gasteiger partial charge in [0, 0.05) is 0 Å². The van der Waals surface area contributed by atoms with Crippen molar-refractivity contribution in [3.05, 3.63) is 0 Å². The van der Waals surface area contributed by atoms with Crippen molar-refractivity contribution in [3.63, 3.8) is 0 Å². The van der Waals surface area contributed by atoms with Crippen LogP contribution in [0.1, 0.15) is 13.3 Å². The van der Waals surface area contributed by atoms with E-state index in [1.807, 2.05) is 0 Å². The van der Waals surface area contributed by atoms with Gasteiger partial charge in [-0.25, -0.2) is 4.79 Å². The summed E-state index contributed by atoms with van der Waals surface area (Å²) in [5, 5.41) is 8.29. The van der Waals surface area contributed by atoms with Gasteiger partial charge in [0.2, 0.25) is 4.33 Å². The van der Waals surface area contributed by atoms with E-state index in [-0.39, 0.29) is 6.61 Å². The fourth-order valence-electron chi connectivity index (χ4n) is 0.499. The lowest BCUT2D eigenvalue weighted by atomic mass is 10.3. The SMILES string of the molecule is CCOC(=O)C(Cl)(Cl)CC(=O)O. The fourth-order valence-corrected chi connectivity index (χ4v) is 0.837. The summed E-state index contributed by atoms with van der Waals surface area (Å²) in [5.41, 5.74) is 0. The molecule has 0 heterocycles. The summed E-state index contributed by atoms with van der Waals surface area (Å²) < 4.78 is 2.46. The number of alkyl halides is 2. The molecule has 0 atom stereocenters. The van der Waals surface area contributed by atoms with Gasteiger partial charge in [0.1, 0.15) is 0 Å². The molecule has 0 radical (unpaired) electrons. The molecule has 0 aliphatic carbocycles. The first-order chi connectivity index (χ1) is 5.40. The number of hydrogen-bond donors (Lipinski definition) is 1. The van der Waals surface area contributed by atoms with E-state index in [1.165, 1.54) is 0 Å². The molecule has 0 amide bonds. The van der Waals surface area contributed by atoms with Crippen molar-refractivity contribution < 1.29 is 19.4 Å². The number of hydrogen-bond acceptors (Lipinski definition) is 3. The molecule has 0 bridgehead atoms. The van der Waals surface area contributed by atoms with Crippen LogP contribution in [0.15, 0.2) is 0 Å². The van der Waals surface area contributed by atoms with E-state index < -0.39 is 22.7 Å². The average Bonchev–Trinajstić information content (AvgIpc) is 1.85. The summed E-state index contributed by atoms with van der Waals surface area (Å²) in [4.78, 5) is 21.0. The first-order valence-electron chi connectivity index (χ1n) is 3.17. The third kappa shape index (κ3) is 3.78. The van der Waals surface area contributed by atoms with E-state index in [0.717, 1.165) is 0 Å². The van der Waals surface area contributed by atoms with Gasteiger partial charge in [0.25, 0.3) is 0 Å². The second kappa shape index (κ2) is 4.52. The van der Waals surface area contributed by atoms with Gasteiger partial charge in [0.15, 0.2) is 0 Å². The highest BCUT2D eigenvalue weighted by atomic mass is 35.5. The number of ether oxygens (including phenoxy) is 1. The van der Waals surface area contributed by atoms with Crippen LogP contribution in [-0.4, -0.2) is 28.0 Å². The quantitative estimate of drug-likeness (QED) is 0.565. The van der Waals surface area contributed by atoms with Crippen LogP contribution in [0.4, 0.5) is 0 Å². The Morgan fingerprint density at radius 3 is 2.33 bits per heavy atom. The minimum atomic E-state index is -1.98. The summed E-state index contributed by atoms with van der Waals surface area (Å²) in [7, 11) is 0. The van der Waals surface area contributed by atoms with E-state index in [2.05, 4.69) is 4.74 Å². The molecule has 0 aromatic heterocycles. The van der Waals surface area contributed by atoms with Gasteiger partial charge in [0.05, 0.1) is 13.0 Å². The molecule has 0 rings (SSSR count). The number of carboxylic acid groups (broad SMARTS) is 1. The summed E-state index contributed by atoms with van der Waals surface area (Å²) in [6.45, 7) is 1.68. The zero-order valence-electron chi connectivity index (χ0n) is 6.34. The molecular formula is C6H8Cl2O4. The van der Waals surface area contributed by atoms with Gasteiger partial charge in [-0.1, -0.05) is 23.2 Å². The summed E-state index contributed by atoms with van der Waals surface area (Å²) in [6, 6.07) is 0. The number of aliphatic carboxylic acids is 1. The van der Waals surface area contributed by atoms with E-state index >= 15 is 0 Å².